The molecule has 1 aromatic carbocycles. The summed E-state index contributed by atoms with van der Waals surface area (Å²) in [5, 5.41) is 12.8. The predicted octanol–water partition coefficient (Wildman–Crippen LogP) is 3.15. The zero-order chi connectivity index (χ0) is 12.8. The third-order valence-corrected chi connectivity index (χ3v) is 2.74. The minimum absolute atomic E-state index is 0.350. The second-order valence-electron chi connectivity index (χ2n) is 4.11. The molecule has 1 aromatic heterocycles. The molecule has 0 aliphatic rings. The number of rotatable bonds is 5. The standard InChI is InChI=1S/C14H15N3O/c1-2-3-8-13-16-14(18-17-13)12-7-5-4-6-11(12)9-10-15/h4-7H,2-3,8-9H2,1H3. The second-order valence-corrected chi connectivity index (χ2v) is 4.11. The maximum Gasteiger partial charge on any atom is 0.258 e. The molecule has 2 rings (SSSR count). The largest absolute Gasteiger partial charge is 0.334 e. The summed E-state index contributed by atoms with van der Waals surface area (Å²) in [6, 6.07) is 9.78. The lowest BCUT2D eigenvalue weighted by molar-refractivity contribution is 0.421. The molecule has 18 heavy (non-hydrogen) atoms. The van der Waals surface area contributed by atoms with Crippen LogP contribution >= 0.6 is 0 Å². The van der Waals surface area contributed by atoms with Gasteiger partial charge in [0.1, 0.15) is 0 Å². The molecule has 0 aliphatic heterocycles. The molecular formula is C14H15N3O. The van der Waals surface area contributed by atoms with Gasteiger partial charge < -0.3 is 4.52 Å². The van der Waals surface area contributed by atoms with E-state index in [1.165, 1.54) is 0 Å². The number of benzene rings is 1. The third kappa shape index (κ3) is 2.75. The van der Waals surface area contributed by atoms with Crippen molar-refractivity contribution in [1.82, 2.24) is 10.1 Å². The highest BCUT2D eigenvalue weighted by atomic mass is 16.5. The van der Waals surface area contributed by atoms with E-state index >= 15 is 0 Å². The number of nitriles is 1. The molecule has 0 spiro atoms. The molecule has 0 aliphatic carbocycles. The van der Waals surface area contributed by atoms with E-state index in [2.05, 4.69) is 23.1 Å². The maximum absolute atomic E-state index is 8.80. The van der Waals surface area contributed by atoms with Crippen LogP contribution in [0.3, 0.4) is 0 Å². The maximum atomic E-state index is 8.80. The Morgan fingerprint density at radius 2 is 2.17 bits per heavy atom. The first kappa shape index (κ1) is 12.3. The van der Waals surface area contributed by atoms with Crippen LogP contribution in [0.25, 0.3) is 11.5 Å². The summed E-state index contributed by atoms with van der Waals surface area (Å²) in [7, 11) is 0. The van der Waals surface area contributed by atoms with Gasteiger partial charge in [-0.3, -0.25) is 0 Å². The first-order valence-corrected chi connectivity index (χ1v) is 6.13. The van der Waals surface area contributed by atoms with Gasteiger partial charge in [-0.25, -0.2) is 0 Å². The van der Waals surface area contributed by atoms with E-state index in [1.54, 1.807) is 0 Å². The minimum Gasteiger partial charge on any atom is -0.334 e. The number of aryl methyl sites for hydroxylation is 1. The zero-order valence-corrected chi connectivity index (χ0v) is 10.4. The molecule has 1 heterocycles. The lowest BCUT2D eigenvalue weighted by Gasteiger charge is -2.00. The Labute approximate surface area is 106 Å². The van der Waals surface area contributed by atoms with Gasteiger partial charge in [0.2, 0.25) is 0 Å². The summed E-state index contributed by atoms with van der Waals surface area (Å²) in [4.78, 5) is 4.37. The Morgan fingerprint density at radius 3 is 2.94 bits per heavy atom. The van der Waals surface area contributed by atoms with Crippen molar-refractivity contribution in [2.24, 2.45) is 0 Å². The Balaban J connectivity index is 2.26. The lowest BCUT2D eigenvalue weighted by atomic mass is 10.1. The molecule has 0 fully saturated rings. The highest BCUT2D eigenvalue weighted by molar-refractivity contribution is 5.58. The quantitative estimate of drug-likeness (QED) is 0.806. The summed E-state index contributed by atoms with van der Waals surface area (Å²) < 4.78 is 5.26. The summed E-state index contributed by atoms with van der Waals surface area (Å²) in [5.74, 6) is 1.24. The average molecular weight is 241 g/mol. The smallest absolute Gasteiger partial charge is 0.258 e. The fraction of sp³-hybridized carbons (Fsp3) is 0.357. The number of nitrogens with zero attached hydrogens (tertiary/aromatic N) is 3. The Morgan fingerprint density at radius 1 is 1.33 bits per heavy atom. The van der Waals surface area contributed by atoms with Gasteiger partial charge in [-0.2, -0.15) is 10.2 Å². The van der Waals surface area contributed by atoms with Crippen molar-refractivity contribution in [3.63, 3.8) is 0 Å². The Bertz CT molecular complexity index is 554. The number of hydrogen-bond acceptors (Lipinski definition) is 4. The van der Waals surface area contributed by atoms with E-state index < -0.39 is 0 Å². The van der Waals surface area contributed by atoms with E-state index in [9.17, 15) is 0 Å². The normalized spacial score (nSPS) is 10.2. The van der Waals surface area contributed by atoms with E-state index in [4.69, 9.17) is 9.78 Å². The minimum atomic E-state index is 0.350. The predicted molar refractivity (Wildman–Crippen MR) is 67.7 cm³/mol. The highest BCUT2D eigenvalue weighted by Crippen LogP contribution is 2.22. The number of aromatic nitrogens is 2. The highest BCUT2D eigenvalue weighted by Gasteiger charge is 2.11. The van der Waals surface area contributed by atoms with Gasteiger partial charge in [0.05, 0.1) is 12.5 Å². The molecular weight excluding hydrogens is 226 g/mol. The van der Waals surface area contributed by atoms with Crippen molar-refractivity contribution >= 4 is 0 Å². The van der Waals surface area contributed by atoms with E-state index in [-0.39, 0.29) is 0 Å². The van der Waals surface area contributed by atoms with Crippen molar-refractivity contribution in [2.45, 2.75) is 32.6 Å². The molecule has 0 saturated carbocycles. The van der Waals surface area contributed by atoms with Gasteiger partial charge in [-0.05, 0) is 18.1 Å². The van der Waals surface area contributed by atoms with Crippen LogP contribution in [-0.2, 0) is 12.8 Å². The van der Waals surface area contributed by atoms with Gasteiger partial charge in [-0.1, -0.05) is 36.7 Å². The summed E-state index contributed by atoms with van der Waals surface area (Å²) in [5.41, 5.74) is 1.78. The van der Waals surface area contributed by atoms with E-state index in [1.807, 2.05) is 24.3 Å². The average Bonchev–Trinajstić information content (AvgIpc) is 2.86. The fourth-order valence-corrected chi connectivity index (χ4v) is 1.77. The Hall–Kier alpha value is -2.15. The molecule has 2 aromatic rings. The van der Waals surface area contributed by atoms with Gasteiger partial charge >= 0.3 is 0 Å². The molecule has 0 N–H and O–H groups in total. The molecule has 92 valence electrons. The van der Waals surface area contributed by atoms with Crippen molar-refractivity contribution in [1.29, 1.82) is 5.26 Å². The Kier molecular flexibility index (Phi) is 4.08. The number of hydrogen-bond donors (Lipinski definition) is 0. The molecule has 0 atom stereocenters. The van der Waals surface area contributed by atoms with Crippen LogP contribution < -0.4 is 0 Å². The van der Waals surface area contributed by atoms with Crippen LogP contribution in [0, 0.1) is 11.3 Å². The summed E-state index contributed by atoms with van der Waals surface area (Å²) in [6.07, 6.45) is 3.34. The molecule has 0 unspecified atom stereocenters. The van der Waals surface area contributed by atoms with Crippen LogP contribution in [0.1, 0.15) is 31.2 Å². The molecule has 0 saturated heterocycles. The van der Waals surface area contributed by atoms with E-state index in [0.717, 1.165) is 36.2 Å². The molecule has 0 bridgehead atoms. The second kappa shape index (κ2) is 5.97. The zero-order valence-electron chi connectivity index (χ0n) is 10.4. The van der Waals surface area contributed by atoms with Gasteiger partial charge in [0.15, 0.2) is 5.82 Å². The van der Waals surface area contributed by atoms with Crippen molar-refractivity contribution in [3.05, 3.63) is 35.7 Å². The third-order valence-electron chi connectivity index (χ3n) is 2.74. The first-order valence-electron chi connectivity index (χ1n) is 6.13. The van der Waals surface area contributed by atoms with Gasteiger partial charge in [-0.15, -0.1) is 0 Å². The fourth-order valence-electron chi connectivity index (χ4n) is 1.77. The topological polar surface area (TPSA) is 62.7 Å². The number of unbranched alkanes of at least 4 members (excludes halogenated alkanes) is 1. The summed E-state index contributed by atoms with van der Waals surface area (Å²) in [6.45, 7) is 2.13. The van der Waals surface area contributed by atoms with Crippen LogP contribution in [0.15, 0.2) is 28.8 Å². The van der Waals surface area contributed by atoms with Crippen molar-refractivity contribution in [3.8, 4) is 17.5 Å². The van der Waals surface area contributed by atoms with Crippen LogP contribution in [0.4, 0.5) is 0 Å². The van der Waals surface area contributed by atoms with Gasteiger partial charge in [0.25, 0.3) is 5.89 Å². The molecule has 0 amide bonds. The van der Waals surface area contributed by atoms with Crippen LogP contribution in [0.2, 0.25) is 0 Å². The van der Waals surface area contributed by atoms with Crippen molar-refractivity contribution in [2.75, 3.05) is 0 Å². The first-order chi connectivity index (χ1) is 8.85. The molecule has 0 radical (unpaired) electrons. The van der Waals surface area contributed by atoms with Crippen LogP contribution in [0.5, 0.6) is 0 Å². The van der Waals surface area contributed by atoms with E-state index in [0.29, 0.717) is 12.3 Å². The van der Waals surface area contributed by atoms with Crippen LogP contribution in [-0.4, -0.2) is 10.1 Å². The summed E-state index contributed by atoms with van der Waals surface area (Å²) >= 11 is 0. The van der Waals surface area contributed by atoms with Gasteiger partial charge in [0, 0.05) is 12.0 Å². The molecule has 4 nitrogen and oxygen atoms in total. The van der Waals surface area contributed by atoms with Crippen molar-refractivity contribution < 1.29 is 4.52 Å². The lowest BCUT2D eigenvalue weighted by Crippen LogP contribution is -1.90. The molecule has 4 heteroatoms. The monoisotopic (exact) mass is 241 g/mol. The SMILES string of the molecule is CCCCc1noc(-c2ccccc2CC#N)n1.